The van der Waals surface area contributed by atoms with Crippen molar-refractivity contribution in [2.24, 2.45) is 0 Å². The van der Waals surface area contributed by atoms with Crippen molar-refractivity contribution in [3.05, 3.63) is 101 Å². The van der Waals surface area contributed by atoms with Gasteiger partial charge in [0.15, 0.2) is 17.3 Å². The van der Waals surface area contributed by atoms with Crippen LogP contribution >= 0.6 is 0 Å². The predicted octanol–water partition coefficient (Wildman–Crippen LogP) is 4.15. The zero-order valence-electron chi connectivity index (χ0n) is 19.6. The molecule has 0 aliphatic heterocycles. The van der Waals surface area contributed by atoms with E-state index in [2.05, 4.69) is 10.6 Å². The highest BCUT2D eigenvalue weighted by Crippen LogP contribution is 2.44. The van der Waals surface area contributed by atoms with E-state index in [1.54, 1.807) is 6.07 Å². The fourth-order valence-corrected chi connectivity index (χ4v) is 5.65. The highest BCUT2D eigenvalue weighted by atomic mass is 32.2. The molecular weight excluding hydrogens is 548 g/mol. The molecule has 0 saturated heterocycles. The van der Waals surface area contributed by atoms with E-state index >= 15 is 0 Å². The van der Waals surface area contributed by atoms with Crippen molar-refractivity contribution < 1.29 is 40.6 Å². The maximum atomic E-state index is 13.6. The SMILES string of the molecule is O=C1c2ccccc2C(=O)c2c(O)c(Nc3ccccc3S(=O)(=O)O)cc(Nc3ccccc3S(=O)(=O)O)c21. The van der Waals surface area contributed by atoms with E-state index in [-0.39, 0.29) is 39.4 Å². The molecule has 0 saturated carbocycles. The fourth-order valence-electron chi connectivity index (χ4n) is 4.35. The number of hydrogen-bond donors (Lipinski definition) is 5. The lowest BCUT2D eigenvalue weighted by atomic mass is 9.82. The first-order valence-electron chi connectivity index (χ1n) is 11.1. The molecule has 4 aromatic rings. The first kappa shape index (κ1) is 26.1. The molecule has 11 nitrogen and oxygen atoms in total. The molecule has 1 aliphatic carbocycles. The van der Waals surface area contributed by atoms with Crippen LogP contribution in [0.25, 0.3) is 0 Å². The Balaban J connectivity index is 1.77. The molecule has 198 valence electrons. The van der Waals surface area contributed by atoms with Gasteiger partial charge in [-0.25, -0.2) is 0 Å². The van der Waals surface area contributed by atoms with E-state index in [1.807, 2.05) is 0 Å². The van der Waals surface area contributed by atoms with Crippen molar-refractivity contribution in [3.63, 3.8) is 0 Å². The molecule has 0 bridgehead atoms. The number of rotatable bonds is 6. The lowest BCUT2D eigenvalue weighted by Crippen LogP contribution is -2.23. The van der Waals surface area contributed by atoms with Crippen molar-refractivity contribution in [1.82, 2.24) is 0 Å². The topological polar surface area (TPSA) is 187 Å². The molecule has 0 amide bonds. The summed E-state index contributed by atoms with van der Waals surface area (Å²) in [5.74, 6) is -2.04. The summed E-state index contributed by atoms with van der Waals surface area (Å²) in [5, 5.41) is 16.6. The summed E-state index contributed by atoms with van der Waals surface area (Å²) in [6.45, 7) is 0. The molecule has 4 aromatic carbocycles. The second kappa shape index (κ2) is 9.32. The van der Waals surface area contributed by atoms with Crippen LogP contribution in [0.1, 0.15) is 31.8 Å². The molecule has 5 N–H and O–H groups in total. The average Bonchev–Trinajstić information content (AvgIpc) is 2.88. The van der Waals surface area contributed by atoms with Crippen LogP contribution in [0.15, 0.2) is 88.7 Å². The standard InChI is InChI=1S/C26H18N2O9S2/c29-24-14-7-1-2-8-15(14)25(30)23-22(24)18(27-16-9-3-5-11-20(16)38(32,33)34)13-19(26(23)31)28-17-10-4-6-12-21(17)39(35,36)37/h1-13,27-28,31H,(H,32,33,34)(H,35,36,37). The summed E-state index contributed by atoms with van der Waals surface area (Å²) in [6, 6.07) is 17.6. The van der Waals surface area contributed by atoms with Crippen molar-refractivity contribution in [3.8, 4) is 5.75 Å². The van der Waals surface area contributed by atoms with Crippen LogP contribution in [0.5, 0.6) is 5.75 Å². The first-order valence-corrected chi connectivity index (χ1v) is 14.0. The summed E-state index contributed by atoms with van der Waals surface area (Å²) >= 11 is 0. The van der Waals surface area contributed by atoms with Crippen LogP contribution in [-0.2, 0) is 20.2 Å². The number of hydrogen-bond acceptors (Lipinski definition) is 9. The van der Waals surface area contributed by atoms with Crippen molar-refractivity contribution in [1.29, 1.82) is 0 Å². The molecule has 0 atom stereocenters. The minimum absolute atomic E-state index is 0.0186. The van der Waals surface area contributed by atoms with Gasteiger partial charge >= 0.3 is 0 Å². The van der Waals surface area contributed by atoms with Crippen molar-refractivity contribution >= 4 is 54.6 Å². The minimum atomic E-state index is -4.71. The van der Waals surface area contributed by atoms with Crippen molar-refractivity contribution in [2.45, 2.75) is 9.79 Å². The second-order valence-electron chi connectivity index (χ2n) is 8.47. The van der Waals surface area contributed by atoms with Crippen LogP contribution in [-0.4, -0.2) is 42.6 Å². The number of para-hydroxylation sites is 2. The maximum Gasteiger partial charge on any atom is 0.296 e. The summed E-state index contributed by atoms with van der Waals surface area (Å²) in [4.78, 5) is 26.0. The summed E-state index contributed by atoms with van der Waals surface area (Å²) < 4.78 is 67.0. The van der Waals surface area contributed by atoms with Gasteiger partial charge in [-0.1, -0.05) is 48.5 Å². The van der Waals surface area contributed by atoms with Gasteiger partial charge in [0.2, 0.25) is 0 Å². The van der Waals surface area contributed by atoms with Gasteiger partial charge in [0, 0.05) is 11.1 Å². The number of aromatic hydroxyl groups is 1. The Kier molecular flexibility index (Phi) is 6.23. The first-order chi connectivity index (χ1) is 18.4. The number of fused-ring (bicyclic) bond motifs is 2. The van der Waals surface area contributed by atoms with Gasteiger partial charge in [0.05, 0.1) is 33.9 Å². The average molecular weight is 567 g/mol. The predicted molar refractivity (Wildman–Crippen MR) is 140 cm³/mol. The summed E-state index contributed by atoms with van der Waals surface area (Å²) in [7, 11) is -9.41. The molecular formula is C26H18N2O9S2. The number of ketones is 2. The number of phenolic OH excluding ortho intramolecular Hbond substituents is 1. The largest absolute Gasteiger partial charge is 0.505 e. The summed E-state index contributed by atoms with van der Waals surface area (Å²) in [6.07, 6.45) is 0. The molecule has 0 fully saturated rings. The highest BCUT2D eigenvalue weighted by Gasteiger charge is 2.36. The normalized spacial score (nSPS) is 13.0. The highest BCUT2D eigenvalue weighted by molar-refractivity contribution is 7.86. The Morgan fingerprint density at radius 3 is 1.44 bits per heavy atom. The minimum Gasteiger partial charge on any atom is -0.505 e. The van der Waals surface area contributed by atoms with Crippen LogP contribution in [0.4, 0.5) is 22.7 Å². The number of benzene rings is 4. The van der Waals surface area contributed by atoms with E-state index < -0.39 is 52.9 Å². The van der Waals surface area contributed by atoms with Gasteiger partial charge in [-0.2, -0.15) is 16.8 Å². The monoisotopic (exact) mass is 566 g/mol. The lowest BCUT2D eigenvalue weighted by Gasteiger charge is -2.24. The third-order valence-corrected chi connectivity index (χ3v) is 7.86. The van der Waals surface area contributed by atoms with Gasteiger partial charge in [-0.15, -0.1) is 0 Å². The number of anilines is 4. The number of nitrogens with one attached hydrogen (secondary N) is 2. The molecule has 13 heteroatoms. The van der Waals surface area contributed by atoms with E-state index in [0.29, 0.717) is 0 Å². The van der Waals surface area contributed by atoms with Gasteiger partial charge in [-0.05, 0) is 30.3 Å². The third kappa shape index (κ3) is 4.64. The van der Waals surface area contributed by atoms with Gasteiger partial charge in [0.1, 0.15) is 9.79 Å². The molecule has 39 heavy (non-hydrogen) atoms. The molecule has 5 rings (SSSR count). The number of carbonyl (C=O) groups is 2. The van der Waals surface area contributed by atoms with Crippen LogP contribution < -0.4 is 10.6 Å². The molecule has 0 spiro atoms. The van der Waals surface area contributed by atoms with Crippen molar-refractivity contribution in [2.75, 3.05) is 10.6 Å². The Morgan fingerprint density at radius 1 is 0.538 bits per heavy atom. The lowest BCUT2D eigenvalue weighted by molar-refractivity contribution is 0.0977. The summed E-state index contributed by atoms with van der Waals surface area (Å²) in [5.41, 5.74) is -1.28. The molecule has 0 aromatic heterocycles. The van der Waals surface area contributed by atoms with E-state index in [0.717, 1.165) is 12.1 Å². The molecule has 0 unspecified atom stereocenters. The molecule has 1 aliphatic rings. The van der Waals surface area contributed by atoms with Gasteiger partial charge < -0.3 is 15.7 Å². The molecule has 0 radical (unpaired) electrons. The Labute approximate surface area is 222 Å². The van der Waals surface area contributed by atoms with Gasteiger partial charge in [-0.3, -0.25) is 18.7 Å². The van der Waals surface area contributed by atoms with Gasteiger partial charge in [0.25, 0.3) is 20.2 Å². The van der Waals surface area contributed by atoms with Crippen LogP contribution in [0.3, 0.4) is 0 Å². The smallest absolute Gasteiger partial charge is 0.296 e. The number of phenols is 1. The quantitative estimate of drug-likeness (QED) is 0.113. The van der Waals surface area contributed by atoms with Crippen LogP contribution in [0, 0.1) is 0 Å². The van der Waals surface area contributed by atoms with E-state index in [1.165, 1.54) is 60.7 Å². The zero-order valence-corrected chi connectivity index (χ0v) is 21.2. The van der Waals surface area contributed by atoms with E-state index in [4.69, 9.17) is 0 Å². The Hall–Kier alpha value is -4.56. The third-order valence-electron chi connectivity index (χ3n) is 6.04. The Bertz CT molecular complexity index is 1920. The van der Waals surface area contributed by atoms with Crippen LogP contribution in [0.2, 0.25) is 0 Å². The Morgan fingerprint density at radius 2 is 0.949 bits per heavy atom. The maximum absolute atomic E-state index is 13.6. The second-order valence-corrected chi connectivity index (χ2v) is 11.2. The zero-order chi connectivity index (χ0) is 28.1. The van der Waals surface area contributed by atoms with E-state index in [9.17, 15) is 40.6 Å². The number of carbonyl (C=O) groups excluding carboxylic acids is 2. The molecule has 0 heterocycles. The fraction of sp³-hybridized carbons (Fsp3) is 0.